The highest BCUT2D eigenvalue weighted by atomic mass is 16.4. The van der Waals surface area contributed by atoms with Gasteiger partial charge in [0, 0.05) is 19.0 Å². The van der Waals surface area contributed by atoms with E-state index in [1.165, 1.54) is 6.92 Å². The van der Waals surface area contributed by atoms with Crippen molar-refractivity contribution in [2.75, 3.05) is 13.1 Å². The van der Waals surface area contributed by atoms with Gasteiger partial charge in [0.05, 0.1) is 6.10 Å². The molecule has 1 saturated heterocycles. The number of fused-ring (bicyclic) bond motifs is 1. The van der Waals surface area contributed by atoms with E-state index in [4.69, 9.17) is 5.11 Å². The van der Waals surface area contributed by atoms with E-state index < -0.39 is 12.0 Å². The van der Waals surface area contributed by atoms with Gasteiger partial charge in [-0.1, -0.05) is 0 Å². The summed E-state index contributed by atoms with van der Waals surface area (Å²) < 4.78 is 0. The molecule has 17 heavy (non-hydrogen) atoms. The first-order chi connectivity index (χ1) is 7.99. The normalized spacial score (nSPS) is 33.3. The fraction of sp³-hybridized carbons (Fsp3) is 0.818. The maximum atomic E-state index is 11.8. The lowest BCUT2D eigenvalue weighted by Crippen LogP contribution is -2.46. The lowest BCUT2D eigenvalue weighted by atomic mass is 10.00. The first kappa shape index (κ1) is 12.2. The summed E-state index contributed by atoms with van der Waals surface area (Å²) in [6.07, 6.45) is 1.45. The van der Waals surface area contributed by atoms with Crippen molar-refractivity contribution in [3.05, 3.63) is 0 Å². The van der Waals surface area contributed by atoms with Crippen LogP contribution < -0.4 is 5.32 Å². The Bertz CT molecular complexity index is 333. The molecule has 2 amide bonds. The summed E-state index contributed by atoms with van der Waals surface area (Å²) in [6.45, 7) is 2.59. The number of aliphatic hydroxyl groups excluding tert-OH is 1. The van der Waals surface area contributed by atoms with Crippen LogP contribution in [-0.2, 0) is 4.79 Å². The van der Waals surface area contributed by atoms with Crippen molar-refractivity contribution in [3.63, 3.8) is 0 Å². The Morgan fingerprint density at radius 3 is 2.65 bits per heavy atom. The van der Waals surface area contributed by atoms with Crippen molar-refractivity contribution in [2.24, 2.45) is 11.8 Å². The van der Waals surface area contributed by atoms with Gasteiger partial charge in [-0.25, -0.2) is 4.79 Å². The Labute approximate surface area is 99.6 Å². The molecule has 2 fully saturated rings. The molecule has 0 spiro atoms. The van der Waals surface area contributed by atoms with Gasteiger partial charge in [0.15, 0.2) is 0 Å². The van der Waals surface area contributed by atoms with Crippen LogP contribution in [0.15, 0.2) is 0 Å². The Balaban J connectivity index is 1.88. The highest BCUT2D eigenvalue weighted by Gasteiger charge is 2.43. The van der Waals surface area contributed by atoms with E-state index in [1.807, 2.05) is 0 Å². The smallest absolute Gasteiger partial charge is 0.325 e. The topological polar surface area (TPSA) is 89.9 Å². The Kier molecular flexibility index (Phi) is 3.24. The summed E-state index contributed by atoms with van der Waals surface area (Å²) in [5, 5.41) is 20.9. The summed E-state index contributed by atoms with van der Waals surface area (Å²) in [5.41, 5.74) is 0. The Hall–Kier alpha value is -1.30. The molecule has 3 unspecified atom stereocenters. The molecule has 2 aliphatic rings. The minimum Gasteiger partial charge on any atom is -0.480 e. The summed E-state index contributed by atoms with van der Waals surface area (Å²) in [7, 11) is 0. The summed E-state index contributed by atoms with van der Waals surface area (Å²) in [5.74, 6) is -0.505. The number of carbonyl (C=O) groups is 2. The fourth-order valence-corrected chi connectivity index (χ4v) is 2.74. The molecule has 0 bridgehead atoms. The third-order valence-electron chi connectivity index (χ3n) is 3.82. The van der Waals surface area contributed by atoms with Crippen LogP contribution in [0.1, 0.15) is 19.8 Å². The van der Waals surface area contributed by atoms with Crippen molar-refractivity contribution >= 4 is 12.0 Å². The highest BCUT2D eigenvalue weighted by Crippen LogP contribution is 2.37. The zero-order valence-corrected chi connectivity index (χ0v) is 9.80. The zero-order valence-electron chi connectivity index (χ0n) is 9.80. The monoisotopic (exact) mass is 242 g/mol. The van der Waals surface area contributed by atoms with Gasteiger partial charge in [-0.2, -0.15) is 0 Å². The van der Waals surface area contributed by atoms with Crippen molar-refractivity contribution in [1.82, 2.24) is 10.2 Å². The largest absolute Gasteiger partial charge is 0.480 e. The van der Waals surface area contributed by atoms with E-state index in [0.717, 1.165) is 12.8 Å². The minimum atomic E-state index is -1.04. The van der Waals surface area contributed by atoms with Gasteiger partial charge in [-0.15, -0.1) is 0 Å². The third-order valence-corrected chi connectivity index (χ3v) is 3.82. The molecule has 96 valence electrons. The van der Waals surface area contributed by atoms with Crippen molar-refractivity contribution in [1.29, 1.82) is 0 Å². The molecule has 0 radical (unpaired) electrons. The molecule has 0 aromatic heterocycles. The summed E-state index contributed by atoms with van der Waals surface area (Å²) in [4.78, 5) is 24.0. The van der Waals surface area contributed by atoms with E-state index in [9.17, 15) is 14.7 Å². The first-order valence-corrected chi connectivity index (χ1v) is 5.95. The molecular formula is C11H18N2O4. The van der Waals surface area contributed by atoms with Crippen LogP contribution in [0.4, 0.5) is 4.79 Å². The third kappa shape index (κ3) is 2.36. The number of hydrogen-bond donors (Lipinski definition) is 3. The summed E-state index contributed by atoms with van der Waals surface area (Å²) >= 11 is 0. The molecule has 1 saturated carbocycles. The van der Waals surface area contributed by atoms with Gasteiger partial charge < -0.3 is 20.4 Å². The van der Waals surface area contributed by atoms with Crippen LogP contribution >= 0.6 is 0 Å². The Morgan fingerprint density at radius 2 is 2.06 bits per heavy atom. The number of likely N-dealkylation sites (tertiary alicyclic amines) is 1. The van der Waals surface area contributed by atoms with E-state index in [1.54, 1.807) is 4.90 Å². The molecule has 3 N–H and O–H groups in total. The number of urea groups is 1. The van der Waals surface area contributed by atoms with Gasteiger partial charge in [0.25, 0.3) is 0 Å². The number of nitrogens with zero attached hydrogens (tertiary/aromatic N) is 1. The standard InChI is InChI=1S/C11H18N2O4/c1-6(10(15)16)12-11(17)13-4-7-2-3-9(14)8(7)5-13/h6-9,14H,2-5H2,1H3,(H,12,17)(H,15,16)/t6-,7?,8?,9?/m1/s1. The van der Waals surface area contributed by atoms with Crippen LogP contribution in [-0.4, -0.2) is 52.3 Å². The quantitative estimate of drug-likeness (QED) is 0.629. The molecule has 0 aromatic rings. The number of aliphatic carboxylic acids is 1. The highest BCUT2D eigenvalue weighted by molar-refractivity contribution is 5.82. The first-order valence-electron chi connectivity index (χ1n) is 5.95. The second kappa shape index (κ2) is 4.52. The maximum Gasteiger partial charge on any atom is 0.325 e. The van der Waals surface area contributed by atoms with E-state index in [-0.39, 0.29) is 18.1 Å². The van der Waals surface area contributed by atoms with Gasteiger partial charge in [0.1, 0.15) is 6.04 Å². The van der Waals surface area contributed by atoms with Crippen LogP contribution in [0.5, 0.6) is 0 Å². The number of rotatable bonds is 2. The number of carboxylic acid groups (broad SMARTS) is 1. The number of nitrogens with one attached hydrogen (secondary N) is 1. The SMILES string of the molecule is C[C@@H](NC(=O)N1CC2CCC(O)C2C1)C(=O)O. The number of carbonyl (C=O) groups excluding carboxylic acids is 1. The van der Waals surface area contributed by atoms with Crippen LogP contribution in [0.3, 0.4) is 0 Å². The lowest BCUT2D eigenvalue weighted by Gasteiger charge is -2.20. The van der Waals surface area contributed by atoms with Gasteiger partial charge in [-0.05, 0) is 25.7 Å². The average molecular weight is 242 g/mol. The van der Waals surface area contributed by atoms with Crippen LogP contribution in [0, 0.1) is 11.8 Å². The second-order valence-electron chi connectivity index (χ2n) is 4.98. The number of hydrogen-bond acceptors (Lipinski definition) is 3. The zero-order chi connectivity index (χ0) is 12.6. The molecule has 4 atom stereocenters. The number of aliphatic hydroxyl groups is 1. The number of amides is 2. The van der Waals surface area contributed by atoms with Crippen LogP contribution in [0.2, 0.25) is 0 Å². The van der Waals surface area contributed by atoms with Gasteiger partial charge >= 0.3 is 12.0 Å². The summed E-state index contributed by atoms with van der Waals surface area (Å²) in [6, 6.07) is -1.23. The van der Waals surface area contributed by atoms with E-state index in [0.29, 0.717) is 19.0 Å². The van der Waals surface area contributed by atoms with E-state index in [2.05, 4.69) is 5.32 Å². The second-order valence-corrected chi connectivity index (χ2v) is 4.98. The maximum absolute atomic E-state index is 11.8. The van der Waals surface area contributed by atoms with Gasteiger partial charge in [-0.3, -0.25) is 4.79 Å². The molecule has 0 aromatic carbocycles. The van der Waals surface area contributed by atoms with Crippen molar-refractivity contribution in [3.8, 4) is 0 Å². The molecular weight excluding hydrogens is 224 g/mol. The lowest BCUT2D eigenvalue weighted by molar-refractivity contribution is -0.138. The number of carboxylic acids is 1. The molecule has 1 aliphatic heterocycles. The molecule has 6 heteroatoms. The van der Waals surface area contributed by atoms with E-state index >= 15 is 0 Å². The average Bonchev–Trinajstić information content (AvgIpc) is 2.81. The fourth-order valence-electron chi connectivity index (χ4n) is 2.74. The Morgan fingerprint density at radius 1 is 1.35 bits per heavy atom. The van der Waals surface area contributed by atoms with Crippen molar-refractivity contribution < 1.29 is 19.8 Å². The van der Waals surface area contributed by atoms with Crippen LogP contribution in [0.25, 0.3) is 0 Å². The molecule has 1 heterocycles. The predicted octanol–water partition coefficient (Wildman–Crippen LogP) is -0.128. The predicted molar refractivity (Wildman–Crippen MR) is 59.4 cm³/mol. The molecule has 6 nitrogen and oxygen atoms in total. The molecule has 2 rings (SSSR count). The minimum absolute atomic E-state index is 0.167. The molecule has 1 aliphatic carbocycles. The van der Waals surface area contributed by atoms with Gasteiger partial charge in [0.2, 0.25) is 0 Å². The van der Waals surface area contributed by atoms with Crippen molar-refractivity contribution in [2.45, 2.75) is 31.9 Å².